The lowest BCUT2D eigenvalue weighted by Gasteiger charge is -2.43. The summed E-state index contributed by atoms with van der Waals surface area (Å²) < 4.78 is 22.1. The first kappa shape index (κ1) is 18.3. The Morgan fingerprint density at radius 2 is 1.83 bits per heavy atom. The molecule has 2 atom stereocenters. The summed E-state index contributed by atoms with van der Waals surface area (Å²) in [5.74, 6) is 1.67. The highest BCUT2D eigenvalue weighted by molar-refractivity contribution is 5.67. The van der Waals surface area contributed by atoms with Crippen molar-refractivity contribution < 1.29 is 13.9 Å². The number of aromatic nitrogens is 1. The molecule has 5 nitrogen and oxygen atoms in total. The number of pyridine rings is 1. The average Bonchev–Trinajstić information content (AvgIpc) is 3.17. The second kappa shape index (κ2) is 7.28. The molecule has 6 heteroatoms. The molecule has 0 aliphatic carbocycles. The Hall–Kier alpha value is -2.70. The number of aliphatic hydroxyl groups is 1. The van der Waals surface area contributed by atoms with Crippen LogP contribution in [-0.4, -0.2) is 27.7 Å². The second-order valence-electron chi connectivity index (χ2n) is 8.08. The van der Waals surface area contributed by atoms with Crippen LogP contribution in [0.1, 0.15) is 29.6 Å². The molecule has 2 bridgehead atoms. The normalized spacial score (nSPS) is 21.2. The predicted molar refractivity (Wildman–Crippen MR) is 107 cm³/mol. The van der Waals surface area contributed by atoms with Crippen molar-refractivity contribution in [3.63, 3.8) is 0 Å². The molecule has 5 rings (SSSR count). The van der Waals surface area contributed by atoms with Gasteiger partial charge in [0.1, 0.15) is 23.9 Å². The van der Waals surface area contributed by atoms with Crippen molar-refractivity contribution in [2.45, 2.75) is 32.0 Å². The van der Waals surface area contributed by atoms with Crippen LogP contribution in [0.25, 0.3) is 11.1 Å². The van der Waals surface area contributed by atoms with Crippen LogP contribution in [0.5, 0.6) is 0 Å². The molecule has 0 radical (unpaired) electrons. The van der Waals surface area contributed by atoms with Gasteiger partial charge < -0.3 is 14.1 Å². The van der Waals surface area contributed by atoms with Gasteiger partial charge >= 0.3 is 0 Å². The lowest BCUT2D eigenvalue weighted by atomic mass is 9.80. The summed E-state index contributed by atoms with van der Waals surface area (Å²) in [4.78, 5) is 14.9. The Kier molecular flexibility index (Phi) is 4.60. The number of fused-ring (bicyclic) bond motifs is 4. The zero-order chi connectivity index (χ0) is 20.0. The quantitative estimate of drug-likeness (QED) is 0.737. The van der Waals surface area contributed by atoms with Gasteiger partial charge in [0.15, 0.2) is 0 Å². The van der Waals surface area contributed by atoms with Crippen LogP contribution in [0.15, 0.2) is 57.7 Å². The van der Waals surface area contributed by atoms with E-state index in [9.17, 15) is 14.3 Å². The van der Waals surface area contributed by atoms with Crippen LogP contribution in [0, 0.1) is 11.7 Å². The fourth-order valence-electron chi connectivity index (χ4n) is 4.96. The van der Waals surface area contributed by atoms with E-state index in [0.29, 0.717) is 30.3 Å². The van der Waals surface area contributed by atoms with Crippen LogP contribution in [0.4, 0.5) is 4.39 Å². The summed E-state index contributed by atoms with van der Waals surface area (Å²) in [6.45, 7) is 2.90. The van der Waals surface area contributed by atoms with E-state index in [1.807, 2.05) is 16.7 Å². The lowest BCUT2D eigenvalue weighted by molar-refractivity contribution is 0.107. The monoisotopic (exact) mass is 394 g/mol. The van der Waals surface area contributed by atoms with Crippen molar-refractivity contribution in [3.05, 3.63) is 81.9 Å². The second-order valence-corrected chi connectivity index (χ2v) is 8.08. The number of halogens is 1. The van der Waals surface area contributed by atoms with Crippen LogP contribution >= 0.6 is 0 Å². The highest BCUT2D eigenvalue weighted by atomic mass is 19.1. The SMILES string of the molecule is O=c1ccc(-c2ccccc2F)c2n1CC1CC2CN(Cc2ccc(CO)o2)C1. The molecule has 0 spiro atoms. The number of benzene rings is 1. The van der Waals surface area contributed by atoms with Crippen molar-refractivity contribution in [1.29, 1.82) is 0 Å². The van der Waals surface area contributed by atoms with E-state index in [2.05, 4.69) is 4.90 Å². The standard InChI is InChI=1S/C23H23FN2O3/c24-21-4-2-1-3-19(21)20-7-8-22(28)26-11-15-9-16(23(20)26)12-25(10-15)13-17-5-6-18(14-27)29-17/h1-8,15-16,27H,9-14H2. The van der Waals surface area contributed by atoms with Gasteiger partial charge in [-0.05, 0) is 36.6 Å². The van der Waals surface area contributed by atoms with Crippen LogP contribution in [0.3, 0.4) is 0 Å². The molecule has 1 fully saturated rings. The van der Waals surface area contributed by atoms with Gasteiger partial charge in [0.05, 0.1) is 6.54 Å². The molecule has 3 aromatic rings. The molecule has 29 heavy (non-hydrogen) atoms. The predicted octanol–water partition coefficient (Wildman–Crippen LogP) is 3.36. The van der Waals surface area contributed by atoms with Gasteiger partial charge in [-0.1, -0.05) is 18.2 Å². The van der Waals surface area contributed by atoms with Gasteiger partial charge in [-0.25, -0.2) is 4.39 Å². The maximum absolute atomic E-state index is 14.5. The number of piperidine rings is 1. The van der Waals surface area contributed by atoms with Crippen LogP contribution in [0.2, 0.25) is 0 Å². The molecule has 2 aromatic heterocycles. The lowest BCUT2D eigenvalue weighted by Crippen LogP contribution is -2.47. The third-order valence-electron chi connectivity index (χ3n) is 6.08. The fourth-order valence-corrected chi connectivity index (χ4v) is 4.96. The van der Waals surface area contributed by atoms with E-state index in [1.54, 1.807) is 30.3 Å². The topological polar surface area (TPSA) is 58.6 Å². The van der Waals surface area contributed by atoms with Gasteiger partial charge in [-0.3, -0.25) is 9.69 Å². The van der Waals surface area contributed by atoms with E-state index in [-0.39, 0.29) is 23.9 Å². The van der Waals surface area contributed by atoms with Crippen molar-refractivity contribution >= 4 is 0 Å². The maximum Gasteiger partial charge on any atom is 0.250 e. The smallest absolute Gasteiger partial charge is 0.250 e. The Bertz CT molecular complexity index is 1100. The molecular formula is C23H23FN2O3. The number of hydrogen-bond acceptors (Lipinski definition) is 4. The molecule has 4 heterocycles. The van der Waals surface area contributed by atoms with Crippen molar-refractivity contribution in [3.8, 4) is 11.1 Å². The number of hydrogen-bond donors (Lipinski definition) is 1. The van der Waals surface area contributed by atoms with Crippen molar-refractivity contribution in [2.24, 2.45) is 5.92 Å². The highest BCUT2D eigenvalue weighted by Gasteiger charge is 2.36. The van der Waals surface area contributed by atoms with E-state index < -0.39 is 0 Å². The van der Waals surface area contributed by atoms with Crippen LogP contribution < -0.4 is 5.56 Å². The van der Waals surface area contributed by atoms with Crippen LogP contribution in [-0.2, 0) is 19.7 Å². The molecule has 2 aliphatic heterocycles. The van der Waals surface area contributed by atoms with E-state index >= 15 is 0 Å². The summed E-state index contributed by atoms with van der Waals surface area (Å²) in [5, 5.41) is 9.21. The van der Waals surface area contributed by atoms with Gasteiger partial charge in [-0.2, -0.15) is 0 Å². The third kappa shape index (κ3) is 3.32. The zero-order valence-electron chi connectivity index (χ0n) is 16.1. The Morgan fingerprint density at radius 3 is 2.62 bits per heavy atom. The number of nitrogens with zero attached hydrogens (tertiary/aromatic N) is 2. The fraction of sp³-hybridized carbons (Fsp3) is 0.348. The molecule has 0 saturated carbocycles. The highest BCUT2D eigenvalue weighted by Crippen LogP contribution is 2.40. The first-order valence-electron chi connectivity index (χ1n) is 10.0. The minimum atomic E-state index is -0.268. The molecular weight excluding hydrogens is 371 g/mol. The minimum absolute atomic E-state index is 0.0122. The summed E-state index contributed by atoms with van der Waals surface area (Å²) in [6.07, 6.45) is 1.00. The Balaban J connectivity index is 1.50. The van der Waals surface area contributed by atoms with Gasteiger partial charge in [0.2, 0.25) is 0 Å². The maximum atomic E-state index is 14.5. The molecule has 2 unspecified atom stereocenters. The minimum Gasteiger partial charge on any atom is -0.462 e. The first-order chi connectivity index (χ1) is 14.1. The molecule has 1 aromatic carbocycles. The summed E-state index contributed by atoms with van der Waals surface area (Å²) in [5.41, 5.74) is 2.29. The number of rotatable bonds is 4. The Labute approximate surface area is 168 Å². The number of likely N-dealkylation sites (tertiary alicyclic amines) is 1. The molecule has 2 aliphatic rings. The molecule has 1 N–H and O–H groups in total. The number of aliphatic hydroxyl groups excluding tert-OH is 1. The first-order valence-corrected chi connectivity index (χ1v) is 10.0. The van der Waals surface area contributed by atoms with E-state index in [0.717, 1.165) is 36.5 Å². The zero-order valence-corrected chi connectivity index (χ0v) is 16.1. The Morgan fingerprint density at radius 1 is 1.00 bits per heavy atom. The average molecular weight is 394 g/mol. The largest absolute Gasteiger partial charge is 0.462 e. The van der Waals surface area contributed by atoms with Gasteiger partial charge in [0, 0.05) is 48.4 Å². The van der Waals surface area contributed by atoms with Gasteiger partial charge in [-0.15, -0.1) is 0 Å². The van der Waals surface area contributed by atoms with Crippen molar-refractivity contribution in [1.82, 2.24) is 9.47 Å². The summed E-state index contributed by atoms with van der Waals surface area (Å²) in [7, 11) is 0. The number of furan rings is 1. The molecule has 1 saturated heterocycles. The van der Waals surface area contributed by atoms with E-state index in [1.165, 1.54) is 6.07 Å². The molecule has 150 valence electrons. The van der Waals surface area contributed by atoms with Crippen molar-refractivity contribution in [2.75, 3.05) is 13.1 Å². The summed E-state index contributed by atoms with van der Waals surface area (Å²) in [6, 6.07) is 13.8. The van der Waals surface area contributed by atoms with Gasteiger partial charge in [0.25, 0.3) is 5.56 Å². The third-order valence-corrected chi connectivity index (χ3v) is 6.08. The van der Waals surface area contributed by atoms with E-state index in [4.69, 9.17) is 4.42 Å². The molecule has 0 amide bonds. The summed E-state index contributed by atoms with van der Waals surface area (Å²) >= 11 is 0.